The highest BCUT2D eigenvalue weighted by atomic mass is 16.6. The molecule has 1 N–H and O–H groups in total. The third-order valence-corrected chi connectivity index (χ3v) is 2.98. The Morgan fingerprint density at radius 1 is 1.24 bits per heavy atom. The smallest absolute Gasteiger partial charge is 0.126 e. The highest BCUT2D eigenvalue weighted by molar-refractivity contribution is 5.47. The predicted octanol–water partition coefficient (Wildman–Crippen LogP) is 3.03. The number of aryl methyl sites for hydroxylation is 1. The van der Waals surface area contributed by atoms with Gasteiger partial charge in [-0.1, -0.05) is 32.9 Å². The minimum Gasteiger partial charge on any atom is -0.496 e. The van der Waals surface area contributed by atoms with Crippen LogP contribution < -0.4 is 10.2 Å². The lowest BCUT2D eigenvalue weighted by atomic mass is 9.93. The Morgan fingerprint density at radius 2 is 1.94 bits per heavy atom. The molecule has 1 rings (SSSR count). The fourth-order valence-electron chi connectivity index (χ4n) is 2.09. The average Bonchev–Trinajstić information content (AvgIpc) is 2.34. The van der Waals surface area contributed by atoms with Crippen molar-refractivity contribution >= 4 is 0 Å². The first kappa shape index (κ1) is 14.0. The van der Waals surface area contributed by atoms with Crippen LogP contribution in [0.3, 0.4) is 0 Å². The third kappa shape index (κ3) is 3.20. The van der Waals surface area contributed by atoms with E-state index in [0.717, 1.165) is 12.2 Å². The summed E-state index contributed by atoms with van der Waals surface area (Å²) in [5.74, 6) is 1.46. The van der Waals surface area contributed by atoms with Gasteiger partial charge in [-0.05, 0) is 23.5 Å². The van der Waals surface area contributed by atoms with Crippen molar-refractivity contribution in [3.63, 3.8) is 0 Å². The molecule has 96 valence electrons. The van der Waals surface area contributed by atoms with Crippen molar-refractivity contribution in [2.45, 2.75) is 39.7 Å². The summed E-state index contributed by atoms with van der Waals surface area (Å²) in [7, 11) is 3.36. The monoisotopic (exact) mass is 237 g/mol. The van der Waals surface area contributed by atoms with E-state index in [4.69, 9.17) is 9.57 Å². The van der Waals surface area contributed by atoms with Crippen LogP contribution in [0, 0.1) is 0 Å². The average molecular weight is 237 g/mol. The Morgan fingerprint density at radius 3 is 2.41 bits per heavy atom. The molecule has 0 bridgehead atoms. The number of hydrogen-bond acceptors (Lipinski definition) is 3. The van der Waals surface area contributed by atoms with E-state index in [-0.39, 0.29) is 0 Å². The van der Waals surface area contributed by atoms with Gasteiger partial charge >= 0.3 is 0 Å². The van der Waals surface area contributed by atoms with Crippen LogP contribution in [0.25, 0.3) is 0 Å². The van der Waals surface area contributed by atoms with E-state index in [0.29, 0.717) is 12.5 Å². The third-order valence-electron chi connectivity index (χ3n) is 2.98. The van der Waals surface area contributed by atoms with Crippen LogP contribution in [0.1, 0.15) is 43.4 Å². The molecular formula is C14H23NO2. The molecule has 0 saturated carbocycles. The van der Waals surface area contributed by atoms with Gasteiger partial charge < -0.3 is 9.57 Å². The maximum absolute atomic E-state index is 5.56. The molecule has 0 aromatic heterocycles. The van der Waals surface area contributed by atoms with E-state index in [1.165, 1.54) is 16.7 Å². The molecule has 0 spiro atoms. The minimum absolute atomic E-state index is 0.475. The molecule has 0 aliphatic heterocycles. The number of rotatable bonds is 6. The number of nitrogens with one attached hydrogen (secondary N) is 1. The van der Waals surface area contributed by atoms with Gasteiger partial charge in [0.15, 0.2) is 0 Å². The van der Waals surface area contributed by atoms with Crippen LogP contribution in [0.4, 0.5) is 0 Å². The SMILES string of the molecule is CCc1ccc(C(C)C)c(CNOC)c1OC. The summed E-state index contributed by atoms with van der Waals surface area (Å²) < 4.78 is 5.56. The molecule has 17 heavy (non-hydrogen) atoms. The summed E-state index contributed by atoms with van der Waals surface area (Å²) in [6, 6.07) is 4.35. The van der Waals surface area contributed by atoms with Crippen molar-refractivity contribution in [3.8, 4) is 5.75 Å². The first-order chi connectivity index (χ1) is 8.15. The molecule has 0 fully saturated rings. The van der Waals surface area contributed by atoms with Gasteiger partial charge in [0.1, 0.15) is 5.75 Å². The van der Waals surface area contributed by atoms with Gasteiger partial charge in [0, 0.05) is 12.1 Å². The molecule has 0 unspecified atom stereocenters. The predicted molar refractivity (Wildman–Crippen MR) is 70.3 cm³/mol. The lowest BCUT2D eigenvalue weighted by Gasteiger charge is -2.19. The second-order valence-corrected chi connectivity index (χ2v) is 4.36. The topological polar surface area (TPSA) is 30.5 Å². The zero-order valence-corrected chi connectivity index (χ0v) is 11.5. The maximum Gasteiger partial charge on any atom is 0.126 e. The van der Waals surface area contributed by atoms with Gasteiger partial charge in [-0.3, -0.25) is 0 Å². The summed E-state index contributed by atoms with van der Waals surface area (Å²) >= 11 is 0. The van der Waals surface area contributed by atoms with Crippen LogP contribution >= 0.6 is 0 Å². The van der Waals surface area contributed by atoms with Crippen molar-refractivity contribution < 1.29 is 9.57 Å². The lowest BCUT2D eigenvalue weighted by molar-refractivity contribution is 0.0858. The lowest BCUT2D eigenvalue weighted by Crippen LogP contribution is -2.15. The van der Waals surface area contributed by atoms with Crippen LogP contribution in [0.2, 0.25) is 0 Å². The van der Waals surface area contributed by atoms with Crippen LogP contribution in [0.15, 0.2) is 12.1 Å². The van der Waals surface area contributed by atoms with E-state index in [2.05, 4.69) is 38.4 Å². The Balaban J connectivity index is 3.23. The molecule has 0 aliphatic carbocycles. The van der Waals surface area contributed by atoms with Crippen LogP contribution in [-0.2, 0) is 17.8 Å². The Labute approximate surface area is 104 Å². The fraction of sp³-hybridized carbons (Fsp3) is 0.571. The Bertz CT molecular complexity index is 361. The molecule has 0 heterocycles. The first-order valence-electron chi connectivity index (χ1n) is 6.10. The van der Waals surface area contributed by atoms with E-state index < -0.39 is 0 Å². The molecule has 0 atom stereocenters. The largest absolute Gasteiger partial charge is 0.496 e. The van der Waals surface area contributed by atoms with Gasteiger partial charge in [0.2, 0.25) is 0 Å². The summed E-state index contributed by atoms with van der Waals surface area (Å²) in [6.45, 7) is 7.19. The molecule has 1 aromatic carbocycles. The number of methoxy groups -OCH3 is 1. The van der Waals surface area contributed by atoms with Crippen molar-refractivity contribution in [2.24, 2.45) is 0 Å². The highest BCUT2D eigenvalue weighted by Gasteiger charge is 2.15. The second-order valence-electron chi connectivity index (χ2n) is 4.36. The number of ether oxygens (including phenoxy) is 1. The molecule has 0 amide bonds. The normalized spacial score (nSPS) is 10.9. The summed E-state index contributed by atoms with van der Waals surface area (Å²) in [4.78, 5) is 4.95. The molecule has 3 heteroatoms. The maximum atomic E-state index is 5.56. The van der Waals surface area contributed by atoms with E-state index in [9.17, 15) is 0 Å². The van der Waals surface area contributed by atoms with E-state index in [1.807, 2.05) is 0 Å². The van der Waals surface area contributed by atoms with E-state index in [1.54, 1.807) is 14.2 Å². The van der Waals surface area contributed by atoms with Gasteiger partial charge in [-0.25, -0.2) is 0 Å². The Hall–Kier alpha value is -1.06. The second kappa shape index (κ2) is 6.62. The van der Waals surface area contributed by atoms with Gasteiger partial charge in [-0.2, -0.15) is 5.48 Å². The molecule has 0 aliphatic rings. The van der Waals surface area contributed by atoms with Crippen LogP contribution in [-0.4, -0.2) is 14.2 Å². The molecule has 3 nitrogen and oxygen atoms in total. The fourth-order valence-corrected chi connectivity index (χ4v) is 2.09. The zero-order valence-electron chi connectivity index (χ0n) is 11.5. The summed E-state index contributed by atoms with van der Waals surface area (Å²) in [5.41, 5.74) is 6.65. The molecule has 1 aromatic rings. The molecule has 0 radical (unpaired) electrons. The van der Waals surface area contributed by atoms with Crippen molar-refractivity contribution in [1.82, 2.24) is 5.48 Å². The minimum atomic E-state index is 0.475. The van der Waals surface area contributed by atoms with Gasteiger partial charge in [0.05, 0.1) is 14.2 Å². The highest BCUT2D eigenvalue weighted by Crippen LogP contribution is 2.31. The number of hydroxylamine groups is 1. The number of hydrogen-bond donors (Lipinski definition) is 1. The van der Waals surface area contributed by atoms with Crippen molar-refractivity contribution in [3.05, 3.63) is 28.8 Å². The summed E-state index contributed by atoms with van der Waals surface area (Å²) in [5, 5.41) is 0. The summed E-state index contributed by atoms with van der Waals surface area (Å²) in [6.07, 6.45) is 0.974. The van der Waals surface area contributed by atoms with Gasteiger partial charge in [-0.15, -0.1) is 0 Å². The number of benzene rings is 1. The standard InChI is InChI=1S/C14H23NO2/c1-6-11-7-8-12(10(2)3)13(9-15-17-5)14(11)16-4/h7-8,10,15H,6,9H2,1-5H3. The first-order valence-corrected chi connectivity index (χ1v) is 6.10. The molecule has 0 saturated heterocycles. The molecular weight excluding hydrogens is 214 g/mol. The van der Waals surface area contributed by atoms with Crippen molar-refractivity contribution in [2.75, 3.05) is 14.2 Å². The quantitative estimate of drug-likeness (QED) is 0.771. The van der Waals surface area contributed by atoms with Gasteiger partial charge in [0.25, 0.3) is 0 Å². The Kier molecular flexibility index (Phi) is 5.45. The van der Waals surface area contributed by atoms with Crippen molar-refractivity contribution in [1.29, 1.82) is 0 Å². The zero-order chi connectivity index (χ0) is 12.8. The van der Waals surface area contributed by atoms with E-state index >= 15 is 0 Å². The van der Waals surface area contributed by atoms with Crippen LogP contribution in [0.5, 0.6) is 5.75 Å².